The molecule has 25 heavy (non-hydrogen) atoms. The van der Waals surface area contributed by atoms with Gasteiger partial charge in [0.15, 0.2) is 0 Å². The van der Waals surface area contributed by atoms with E-state index in [4.69, 9.17) is 4.74 Å². The van der Waals surface area contributed by atoms with Crippen molar-refractivity contribution in [3.05, 3.63) is 61.2 Å². The molecule has 0 heterocycles. The average Bonchev–Trinajstić information content (AvgIpc) is 2.60. The summed E-state index contributed by atoms with van der Waals surface area (Å²) >= 11 is 1.57. The van der Waals surface area contributed by atoms with Crippen molar-refractivity contribution in [2.45, 2.75) is 29.7 Å². The third kappa shape index (κ3) is 4.80. The Balaban J connectivity index is 2.36. The van der Waals surface area contributed by atoms with Crippen LogP contribution in [0.4, 0.5) is 5.69 Å². The number of benzene rings is 2. The van der Waals surface area contributed by atoms with Gasteiger partial charge in [0, 0.05) is 4.90 Å². The lowest BCUT2D eigenvalue weighted by Gasteiger charge is -2.23. The zero-order valence-corrected chi connectivity index (χ0v) is 16.3. The van der Waals surface area contributed by atoms with E-state index in [0.717, 1.165) is 4.90 Å². The molecule has 0 bridgehead atoms. The molecule has 0 atom stereocenters. The second-order valence-electron chi connectivity index (χ2n) is 5.66. The second kappa shape index (κ2) is 8.45. The van der Waals surface area contributed by atoms with Crippen LogP contribution in [-0.4, -0.2) is 27.3 Å². The quantitative estimate of drug-likeness (QED) is 0.499. The van der Waals surface area contributed by atoms with Gasteiger partial charge in [-0.1, -0.05) is 6.08 Å². The van der Waals surface area contributed by atoms with Crippen LogP contribution in [0.5, 0.6) is 5.75 Å². The fraction of sp³-hybridized carbons (Fsp3) is 0.263. The summed E-state index contributed by atoms with van der Waals surface area (Å²) in [7, 11) is -3.67. The third-order valence-electron chi connectivity index (χ3n) is 3.44. The lowest BCUT2D eigenvalue weighted by molar-refractivity contribution is 0.242. The van der Waals surface area contributed by atoms with Gasteiger partial charge in [0.05, 0.1) is 23.2 Å². The van der Waals surface area contributed by atoms with Crippen molar-refractivity contribution in [2.75, 3.05) is 17.1 Å². The number of sulfonamides is 1. The average molecular weight is 378 g/mol. The maximum atomic E-state index is 13.0. The molecule has 0 saturated carbocycles. The topological polar surface area (TPSA) is 46.6 Å². The number of hydrogen-bond acceptors (Lipinski definition) is 4. The highest BCUT2D eigenvalue weighted by atomic mass is 32.2. The maximum Gasteiger partial charge on any atom is 0.264 e. The molecular formula is C19H23NO3S2. The van der Waals surface area contributed by atoms with Crippen molar-refractivity contribution < 1.29 is 13.2 Å². The SMILES string of the molecule is C=CCN(c1ccc(OC(C)C)cc1)S(=O)(=O)c1ccc(SC)cc1. The zero-order chi connectivity index (χ0) is 18.4. The van der Waals surface area contributed by atoms with E-state index in [9.17, 15) is 8.42 Å². The first-order valence-corrected chi connectivity index (χ1v) is 10.6. The number of nitrogens with zero attached hydrogens (tertiary/aromatic N) is 1. The van der Waals surface area contributed by atoms with Gasteiger partial charge in [0.1, 0.15) is 5.75 Å². The van der Waals surface area contributed by atoms with Gasteiger partial charge in [-0.05, 0) is 68.6 Å². The van der Waals surface area contributed by atoms with Crippen LogP contribution in [0.1, 0.15) is 13.8 Å². The van der Waals surface area contributed by atoms with Crippen LogP contribution in [0.15, 0.2) is 71.0 Å². The van der Waals surface area contributed by atoms with E-state index in [1.54, 1.807) is 54.2 Å². The van der Waals surface area contributed by atoms with Crippen molar-refractivity contribution in [1.29, 1.82) is 0 Å². The van der Waals surface area contributed by atoms with Gasteiger partial charge >= 0.3 is 0 Å². The molecule has 0 fully saturated rings. The fourth-order valence-electron chi connectivity index (χ4n) is 2.30. The number of ether oxygens (including phenoxy) is 1. The summed E-state index contributed by atoms with van der Waals surface area (Å²) in [5, 5.41) is 0. The van der Waals surface area contributed by atoms with Gasteiger partial charge in [0.2, 0.25) is 0 Å². The Bertz CT molecular complexity index is 798. The highest BCUT2D eigenvalue weighted by Gasteiger charge is 2.24. The third-order valence-corrected chi connectivity index (χ3v) is 5.99. The molecule has 0 radical (unpaired) electrons. The predicted molar refractivity (Wildman–Crippen MR) is 105 cm³/mol. The second-order valence-corrected chi connectivity index (χ2v) is 8.40. The van der Waals surface area contributed by atoms with Crippen LogP contribution in [-0.2, 0) is 10.0 Å². The first kappa shape index (κ1) is 19.4. The Morgan fingerprint density at radius 3 is 2.20 bits per heavy atom. The molecule has 0 aromatic heterocycles. The maximum absolute atomic E-state index is 13.0. The van der Waals surface area contributed by atoms with Crippen molar-refractivity contribution >= 4 is 27.5 Å². The molecule has 6 heteroatoms. The molecule has 0 aliphatic carbocycles. The Labute approximate surface area is 154 Å². The van der Waals surface area contributed by atoms with E-state index in [2.05, 4.69) is 6.58 Å². The molecular weight excluding hydrogens is 354 g/mol. The molecule has 0 unspecified atom stereocenters. The van der Waals surface area contributed by atoms with Gasteiger partial charge in [-0.3, -0.25) is 4.31 Å². The zero-order valence-electron chi connectivity index (χ0n) is 14.7. The molecule has 134 valence electrons. The van der Waals surface area contributed by atoms with Crippen molar-refractivity contribution in [3.8, 4) is 5.75 Å². The van der Waals surface area contributed by atoms with Gasteiger partial charge in [-0.2, -0.15) is 0 Å². The number of anilines is 1. The molecule has 0 aliphatic rings. The summed E-state index contributed by atoms with van der Waals surface area (Å²) in [6.07, 6.45) is 3.59. The van der Waals surface area contributed by atoms with Crippen molar-refractivity contribution in [2.24, 2.45) is 0 Å². The van der Waals surface area contributed by atoms with Crippen LogP contribution in [0.2, 0.25) is 0 Å². The van der Waals surface area contributed by atoms with Crippen LogP contribution in [0.3, 0.4) is 0 Å². The van der Waals surface area contributed by atoms with Gasteiger partial charge in [0.25, 0.3) is 10.0 Å². The summed E-state index contributed by atoms with van der Waals surface area (Å²) in [4.78, 5) is 1.28. The Morgan fingerprint density at radius 1 is 1.12 bits per heavy atom. The largest absolute Gasteiger partial charge is 0.491 e. The van der Waals surface area contributed by atoms with E-state index >= 15 is 0 Å². The number of hydrogen-bond donors (Lipinski definition) is 0. The van der Waals surface area contributed by atoms with Crippen molar-refractivity contribution in [3.63, 3.8) is 0 Å². The summed E-state index contributed by atoms with van der Waals surface area (Å²) in [6.45, 7) is 7.76. The minimum absolute atomic E-state index is 0.0637. The van der Waals surface area contributed by atoms with Crippen molar-refractivity contribution in [1.82, 2.24) is 0 Å². The van der Waals surface area contributed by atoms with Crippen LogP contribution >= 0.6 is 11.8 Å². The van der Waals surface area contributed by atoms with E-state index < -0.39 is 10.0 Å². The molecule has 2 rings (SSSR count). The lowest BCUT2D eigenvalue weighted by atomic mass is 10.3. The number of rotatable bonds is 8. The summed E-state index contributed by atoms with van der Waals surface area (Å²) < 4.78 is 33.0. The smallest absolute Gasteiger partial charge is 0.264 e. The highest BCUT2D eigenvalue weighted by Crippen LogP contribution is 2.27. The molecule has 0 spiro atoms. The lowest BCUT2D eigenvalue weighted by Crippen LogP contribution is -2.31. The molecule has 0 saturated heterocycles. The summed E-state index contributed by atoms with van der Waals surface area (Å²) in [6, 6.07) is 13.9. The predicted octanol–water partition coefficient (Wildman–Crippen LogP) is 4.58. The minimum Gasteiger partial charge on any atom is -0.491 e. The van der Waals surface area contributed by atoms with E-state index in [1.165, 1.54) is 4.31 Å². The summed E-state index contributed by atoms with van der Waals surface area (Å²) in [5.74, 6) is 0.707. The number of thioether (sulfide) groups is 1. The first-order valence-electron chi connectivity index (χ1n) is 7.93. The van der Waals surface area contributed by atoms with E-state index in [-0.39, 0.29) is 17.5 Å². The highest BCUT2D eigenvalue weighted by molar-refractivity contribution is 7.98. The van der Waals surface area contributed by atoms with E-state index in [0.29, 0.717) is 11.4 Å². The minimum atomic E-state index is -3.67. The fourth-order valence-corrected chi connectivity index (χ4v) is 4.14. The monoisotopic (exact) mass is 377 g/mol. The van der Waals surface area contributed by atoms with Crippen LogP contribution in [0.25, 0.3) is 0 Å². The molecule has 2 aromatic rings. The molecule has 2 aromatic carbocycles. The van der Waals surface area contributed by atoms with Gasteiger partial charge in [-0.25, -0.2) is 8.42 Å². The van der Waals surface area contributed by atoms with Gasteiger partial charge in [-0.15, -0.1) is 18.3 Å². The Hall–Kier alpha value is -1.92. The first-order chi connectivity index (χ1) is 11.9. The molecule has 0 amide bonds. The Kier molecular flexibility index (Phi) is 6.56. The Morgan fingerprint density at radius 2 is 1.72 bits per heavy atom. The standard InChI is InChI=1S/C19H23NO3S2/c1-5-14-20(16-6-8-17(9-7-16)23-15(2)3)25(21,22)19-12-10-18(24-4)11-13-19/h5-13,15H,1,14H2,2-4H3. The normalized spacial score (nSPS) is 11.4. The van der Waals surface area contributed by atoms with E-state index in [1.807, 2.05) is 32.2 Å². The molecule has 0 aliphatic heterocycles. The molecule has 4 nitrogen and oxygen atoms in total. The van der Waals surface area contributed by atoms with Crippen LogP contribution in [0, 0.1) is 0 Å². The van der Waals surface area contributed by atoms with Crippen LogP contribution < -0.4 is 9.04 Å². The van der Waals surface area contributed by atoms with Gasteiger partial charge < -0.3 is 4.74 Å². The molecule has 0 N–H and O–H groups in total. The summed E-state index contributed by atoms with van der Waals surface area (Å²) in [5.41, 5.74) is 0.574.